The van der Waals surface area contributed by atoms with Crippen LogP contribution in [0.2, 0.25) is 0 Å². The largest absolute Gasteiger partial charge is 0.382 e. The molecule has 0 aromatic heterocycles. The van der Waals surface area contributed by atoms with Crippen LogP contribution in [0.15, 0.2) is 53.0 Å². The van der Waals surface area contributed by atoms with Gasteiger partial charge in [-0.3, -0.25) is 4.79 Å². The highest BCUT2D eigenvalue weighted by atomic mass is 32.2. The van der Waals surface area contributed by atoms with Gasteiger partial charge in [-0.2, -0.15) is 0 Å². The van der Waals surface area contributed by atoms with Crippen molar-refractivity contribution >= 4 is 15.7 Å². The minimum Gasteiger partial charge on any atom is -0.382 e. The second-order valence-corrected chi connectivity index (χ2v) is 8.00. The molecule has 2 unspecified atom stereocenters. The van der Waals surface area contributed by atoms with E-state index in [0.717, 1.165) is 24.3 Å². The molecule has 2 rings (SSSR count). The first-order valence-electron chi connectivity index (χ1n) is 7.48. The molecule has 24 heavy (non-hydrogen) atoms. The summed E-state index contributed by atoms with van der Waals surface area (Å²) in [5.41, 5.74) is -1.49. The third-order valence-electron chi connectivity index (χ3n) is 4.36. The molecular formula is C17H20FNO4S. The van der Waals surface area contributed by atoms with Gasteiger partial charge in [-0.25, -0.2) is 12.8 Å². The zero-order chi connectivity index (χ0) is 18.2. The summed E-state index contributed by atoms with van der Waals surface area (Å²) in [5, 5.41) is 13.4. The van der Waals surface area contributed by atoms with E-state index in [0.29, 0.717) is 5.57 Å². The molecule has 1 aliphatic rings. The highest BCUT2D eigenvalue weighted by Crippen LogP contribution is 2.41. The Morgan fingerprint density at radius 1 is 1.29 bits per heavy atom. The zero-order valence-electron chi connectivity index (χ0n) is 13.7. The molecule has 0 fully saturated rings. The fourth-order valence-electron chi connectivity index (χ4n) is 2.62. The maximum Gasteiger partial charge on any atom is 0.221 e. The van der Waals surface area contributed by atoms with E-state index in [1.54, 1.807) is 19.9 Å². The number of allylic oxidation sites excluding steroid dienone is 2. The van der Waals surface area contributed by atoms with Gasteiger partial charge in [-0.05, 0) is 49.8 Å². The van der Waals surface area contributed by atoms with E-state index in [1.165, 1.54) is 19.1 Å². The van der Waals surface area contributed by atoms with Crippen molar-refractivity contribution in [2.45, 2.75) is 42.6 Å². The van der Waals surface area contributed by atoms with Crippen molar-refractivity contribution in [2.75, 3.05) is 0 Å². The second-order valence-electron chi connectivity index (χ2n) is 5.88. The third kappa shape index (κ3) is 2.67. The van der Waals surface area contributed by atoms with Crippen LogP contribution in [0.25, 0.3) is 0 Å². The number of aliphatic hydroxyl groups is 1. The number of rotatable bonds is 4. The Balaban J connectivity index is 2.72. The van der Waals surface area contributed by atoms with E-state index in [9.17, 15) is 22.7 Å². The molecule has 0 spiro atoms. The molecule has 0 bridgehead atoms. The summed E-state index contributed by atoms with van der Waals surface area (Å²) in [6.07, 6.45) is 4.36. The number of sulfone groups is 1. The number of nitrogens with one attached hydrogen (secondary N) is 1. The van der Waals surface area contributed by atoms with Gasteiger partial charge < -0.3 is 10.4 Å². The highest BCUT2D eigenvalue weighted by Gasteiger charge is 2.58. The predicted octanol–water partition coefficient (Wildman–Crippen LogP) is 2.09. The topological polar surface area (TPSA) is 83.5 Å². The molecule has 1 aliphatic carbocycles. The van der Waals surface area contributed by atoms with Crippen molar-refractivity contribution in [1.29, 1.82) is 0 Å². The molecule has 1 aromatic carbocycles. The van der Waals surface area contributed by atoms with Gasteiger partial charge in [0.1, 0.15) is 11.4 Å². The smallest absolute Gasteiger partial charge is 0.221 e. The molecule has 5 nitrogen and oxygen atoms in total. The monoisotopic (exact) mass is 353 g/mol. The quantitative estimate of drug-likeness (QED) is 0.812. The Hall–Kier alpha value is -1.99. The van der Waals surface area contributed by atoms with Gasteiger partial charge in [0.05, 0.1) is 4.90 Å². The Kier molecular flexibility index (Phi) is 4.70. The van der Waals surface area contributed by atoms with E-state index in [1.807, 2.05) is 0 Å². The van der Waals surface area contributed by atoms with Crippen LogP contribution in [0, 0.1) is 5.82 Å². The maximum absolute atomic E-state index is 13.3. The van der Waals surface area contributed by atoms with E-state index < -0.39 is 32.0 Å². The summed E-state index contributed by atoms with van der Waals surface area (Å²) in [6.45, 7) is 4.49. The number of carbonyl (C=O) groups excluding carboxylic acids is 1. The van der Waals surface area contributed by atoms with E-state index >= 15 is 0 Å². The molecule has 7 heteroatoms. The van der Waals surface area contributed by atoms with Crippen molar-refractivity contribution in [1.82, 2.24) is 5.32 Å². The fourth-order valence-corrected chi connectivity index (χ4v) is 4.68. The molecule has 0 heterocycles. The zero-order valence-corrected chi connectivity index (χ0v) is 14.5. The van der Waals surface area contributed by atoms with E-state index in [4.69, 9.17) is 0 Å². The Labute approximate surface area is 140 Å². The second kappa shape index (κ2) is 6.14. The van der Waals surface area contributed by atoms with Gasteiger partial charge >= 0.3 is 0 Å². The molecule has 130 valence electrons. The normalized spacial score (nSPS) is 26.8. The number of amides is 1. The lowest BCUT2D eigenvalue weighted by Gasteiger charge is -2.45. The van der Waals surface area contributed by atoms with Crippen LogP contribution in [0.5, 0.6) is 0 Å². The standard InChI is InChI=1S/C17H20FNO4S/c1-4-15(20)19-17(11-5-6-12(2)16(17,3)21)24(22,23)14-9-7-13(18)8-10-14/h5-11,21H,4H2,1-3H3,(H,19,20). The molecule has 1 aromatic rings. The SMILES string of the molecule is CCC(=O)NC1(S(=O)(=O)c2ccc(F)cc2)C=CC=C(C)C1(C)O. The lowest BCUT2D eigenvalue weighted by molar-refractivity contribution is -0.123. The minimum absolute atomic E-state index is 0.0490. The predicted molar refractivity (Wildman–Crippen MR) is 88.3 cm³/mol. The van der Waals surface area contributed by atoms with Crippen LogP contribution < -0.4 is 5.32 Å². The summed E-state index contributed by atoms with van der Waals surface area (Å²) in [6, 6.07) is 4.27. The number of hydrogen-bond donors (Lipinski definition) is 2. The Morgan fingerprint density at radius 3 is 2.42 bits per heavy atom. The highest BCUT2D eigenvalue weighted by molar-refractivity contribution is 7.93. The fraction of sp³-hybridized carbons (Fsp3) is 0.353. The van der Waals surface area contributed by atoms with E-state index in [2.05, 4.69) is 5.32 Å². The van der Waals surface area contributed by atoms with Gasteiger partial charge in [0.2, 0.25) is 15.7 Å². The molecule has 0 saturated carbocycles. The van der Waals surface area contributed by atoms with Crippen LogP contribution in [-0.2, 0) is 14.6 Å². The summed E-state index contributed by atoms with van der Waals surface area (Å²) < 4.78 is 39.7. The van der Waals surface area contributed by atoms with Gasteiger partial charge in [-0.1, -0.05) is 19.1 Å². The van der Waals surface area contributed by atoms with Crippen LogP contribution >= 0.6 is 0 Å². The van der Waals surface area contributed by atoms with Crippen molar-refractivity contribution in [3.63, 3.8) is 0 Å². The lowest BCUT2D eigenvalue weighted by Crippen LogP contribution is -2.67. The number of benzene rings is 1. The van der Waals surface area contributed by atoms with Gasteiger partial charge in [0, 0.05) is 6.42 Å². The number of halogens is 1. The first-order chi connectivity index (χ1) is 11.1. The molecule has 2 atom stereocenters. The average Bonchev–Trinajstić information content (AvgIpc) is 2.52. The minimum atomic E-state index is -4.26. The number of carbonyl (C=O) groups is 1. The molecule has 1 amide bonds. The lowest BCUT2D eigenvalue weighted by atomic mass is 9.84. The Morgan fingerprint density at radius 2 is 1.88 bits per heavy atom. The summed E-state index contributed by atoms with van der Waals surface area (Å²) in [5.74, 6) is -1.11. The van der Waals surface area contributed by atoms with Crippen molar-refractivity contribution < 1.29 is 22.7 Å². The van der Waals surface area contributed by atoms with Crippen LogP contribution in [-0.4, -0.2) is 29.9 Å². The Bertz CT molecular complexity index is 809. The van der Waals surface area contributed by atoms with Gasteiger partial charge in [0.15, 0.2) is 4.87 Å². The average molecular weight is 353 g/mol. The van der Waals surface area contributed by atoms with Gasteiger partial charge in [-0.15, -0.1) is 0 Å². The molecule has 0 aliphatic heterocycles. The van der Waals surface area contributed by atoms with Gasteiger partial charge in [0.25, 0.3) is 0 Å². The molecule has 0 radical (unpaired) electrons. The van der Waals surface area contributed by atoms with E-state index in [-0.39, 0.29) is 11.3 Å². The summed E-state index contributed by atoms with van der Waals surface area (Å²) in [4.78, 5) is 9.74. The van der Waals surface area contributed by atoms with Crippen molar-refractivity contribution in [3.05, 3.63) is 53.9 Å². The maximum atomic E-state index is 13.3. The summed E-state index contributed by atoms with van der Waals surface area (Å²) in [7, 11) is -4.26. The molecular weight excluding hydrogens is 333 g/mol. The van der Waals surface area contributed by atoms with Crippen molar-refractivity contribution in [2.24, 2.45) is 0 Å². The van der Waals surface area contributed by atoms with Crippen LogP contribution in [0.3, 0.4) is 0 Å². The first kappa shape index (κ1) is 18.4. The third-order valence-corrected chi connectivity index (χ3v) is 6.74. The number of hydrogen-bond acceptors (Lipinski definition) is 4. The molecule has 2 N–H and O–H groups in total. The molecule has 0 saturated heterocycles. The summed E-state index contributed by atoms with van der Waals surface area (Å²) >= 11 is 0. The van der Waals surface area contributed by atoms with Crippen LogP contribution in [0.1, 0.15) is 27.2 Å². The van der Waals surface area contributed by atoms with Crippen LogP contribution in [0.4, 0.5) is 4.39 Å². The first-order valence-corrected chi connectivity index (χ1v) is 8.97. The van der Waals surface area contributed by atoms with Crippen molar-refractivity contribution in [3.8, 4) is 0 Å².